The van der Waals surface area contributed by atoms with Gasteiger partial charge in [0.2, 0.25) is 0 Å². The van der Waals surface area contributed by atoms with Crippen molar-refractivity contribution in [3.63, 3.8) is 0 Å². The minimum absolute atomic E-state index is 0.121. The second kappa shape index (κ2) is 20.2. The van der Waals surface area contributed by atoms with E-state index in [-0.39, 0.29) is 19.2 Å². The fourth-order valence-electron chi connectivity index (χ4n) is 3.26. The van der Waals surface area contributed by atoms with E-state index in [1.165, 1.54) is 77.6 Å². The number of esters is 2. The third-order valence-electron chi connectivity index (χ3n) is 5.44. The van der Waals surface area contributed by atoms with E-state index in [0.29, 0.717) is 6.42 Å². The average Bonchev–Trinajstić information content (AvgIpc) is 2.70. The number of hydrogen-bond donors (Lipinski definition) is 1. The molecule has 0 aliphatic carbocycles. The van der Waals surface area contributed by atoms with Gasteiger partial charge in [-0.15, -0.1) is 0 Å². The molecule has 29 heavy (non-hydrogen) atoms. The number of ether oxygens (including phenoxy) is 2. The van der Waals surface area contributed by atoms with Crippen LogP contribution in [-0.4, -0.2) is 36.4 Å². The Morgan fingerprint density at radius 3 is 1.69 bits per heavy atom. The van der Waals surface area contributed by atoms with Crippen LogP contribution in [0.1, 0.15) is 117 Å². The number of carbonyl (C=O) groups is 2. The molecule has 0 aromatic heterocycles. The molecule has 0 amide bonds. The predicted molar refractivity (Wildman–Crippen MR) is 118 cm³/mol. The second-order valence-electron chi connectivity index (χ2n) is 8.43. The number of aliphatic hydroxyl groups is 1. The van der Waals surface area contributed by atoms with Crippen LogP contribution in [0.3, 0.4) is 0 Å². The van der Waals surface area contributed by atoms with Crippen LogP contribution in [0.2, 0.25) is 0 Å². The quantitative estimate of drug-likeness (QED) is 0.196. The summed E-state index contributed by atoms with van der Waals surface area (Å²) in [5.41, 5.74) is 0. The lowest BCUT2D eigenvalue weighted by Gasteiger charge is -2.11. The fraction of sp³-hybridized carbons (Fsp3) is 0.917. The molecule has 0 aromatic carbocycles. The Labute approximate surface area is 178 Å². The second-order valence-corrected chi connectivity index (χ2v) is 8.43. The zero-order valence-corrected chi connectivity index (χ0v) is 19.3. The van der Waals surface area contributed by atoms with Gasteiger partial charge >= 0.3 is 11.9 Å². The summed E-state index contributed by atoms with van der Waals surface area (Å²) in [6.07, 6.45) is 17.4. The molecular weight excluding hydrogens is 368 g/mol. The number of hydrogen-bond acceptors (Lipinski definition) is 5. The predicted octanol–water partition coefficient (Wildman–Crippen LogP) is 5.96. The van der Waals surface area contributed by atoms with Gasteiger partial charge in [0.1, 0.15) is 19.3 Å². The molecule has 0 fully saturated rings. The Morgan fingerprint density at radius 2 is 1.21 bits per heavy atom. The van der Waals surface area contributed by atoms with Crippen molar-refractivity contribution in [1.29, 1.82) is 0 Å². The average molecular weight is 415 g/mol. The minimum Gasteiger partial charge on any atom is -0.463 e. The van der Waals surface area contributed by atoms with Crippen molar-refractivity contribution in [2.75, 3.05) is 13.2 Å². The SMILES string of the molecule is CCC(C)CCCCCCCCCCCCCCC(=O)OCC(O)COC(C)=O. The summed E-state index contributed by atoms with van der Waals surface area (Å²) in [5, 5.41) is 9.51. The topological polar surface area (TPSA) is 72.8 Å². The lowest BCUT2D eigenvalue weighted by atomic mass is 9.99. The van der Waals surface area contributed by atoms with Crippen molar-refractivity contribution in [1.82, 2.24) is 0 Å². The third-order valence-corrected chi connectivity index (χ3v) is 5.44. The van der Waals surface area contributed by atoms with E-state index in [2.05, 4.69) is 18.6 Å². The largest absolute Gasteiger partial charge is 0.463 e. The molecule has 172 valence electrons. The Bertz CT molecular complexity index is 397. The maximum Gasteiger partial charge on any atom is 0.305 e. The van der Waals surface area contributed by atoms with Gasteiger partial charge in [-0.05, 0) is 12.3 Å². The van der Waals surface area contributed by atoms with Crippen LogP contribution in [0.4, 0.5) is 0 Å². The van der Waals surface area contributed by atoms with Crippen molar-refractivity contribution >= 4 is 11.9 Å². The molecule has 0 aliphatic heterocycles. The van der Waals surface area contributed by atoms with Gasteiger partial charge in [-0.2, -0.15) is 0 Å². The minimum atomic E-state index is -0.951. The molecule has 0 saturated heterocycles. The van der Waals surface area contributed by atoms with E-state index in [4.69, 9.17) is 4.74 Å². The van der Waals surface area contributed by atoms with Gasteiger partial charge in [0, 0.05) is 13.3 Å². The summed E-state index contributed by atoms with van der Waals surface area (Å²) >= 11 is 0. The van der Waals surface area contributed by atoms with E-state index >= 15 is 0 Å². The first-order valence-corrected chi connectivity index (χ1v) is 11.9. The molecule has 0 aromatic rings. The van der Waals surface area contributed by atoms with Crippen LogP contribution in [-0.2, 0) is 19.1 Å². The monoisotopic (exact) mass is 414 g/mol. The first-order chi connectivity index (χ1) is 14.0. The van der Waals surface area contributed by atoms with Crippen LogP contribution in [0.5, 0.6) is 0 Å². The normalized spacial score (nSPS) is 13.1. The Hall–Kier alpha value is -1.10. The van der Waals surface area contributed by atoms with E-state index < -0.39 is 12.1 Å². The van der Waals surface area contributed by atoms with Gasteiger partial charge in [-0.1, -0.05) is 97.3 Å². The number of rotatable bonds is 20. The molecule has 0 bridgehead atoms. The van der Waals surface area contributed by atoms with E-state index in [1.807, 2.05) is 0 Å². The summed E-state index contributed by atoms with van der Waals surface area (Å²) in [6.45, 7) is 5.65. The van der Waals surface area contributed by atoms with E-state index in [0.717, 1.165) is 25.2 Å². The molecule has 0 heterocycles. The highest BCUT2D eigenvalue weighted by Gasteiger charge is 2.10. The first kappa shape index (κ1) is 27.9. The van der Waals surface area contributed by atoms with Crippen LogP contribution in [0.15, 0.2) is 0 Å². The summed E-state index contributed by atoms with van der Waals surface area (Å²) in [5.74, 6) is 0.145. The lowest BCUT2D eigenvalue weighted by Crippen LogP contribution is -2.24. The first-order valence-electron chi connectivity index (χ1n) is 11.9. The molecule has 2 unspecified atom stereocenters. The fourth-order valence-corrected chi connectivity index (χ4v) is 3.26. The molecular formula is C24H46O5. The number of carbonyl (C=O) groups excluding carboxylic acids is 2. The zero-order valence-electron chi connectivity index (χ0n) is 19.3. The van der Waals surface area contributed by atoms with Crippen molar-refractivity contribution in [2.24, 2.45) is 5.92 Å². The van der Waals surface area contributed by atoms with Gasteiger partial charge < -0.3 is 14.6 Å². The van der Waals surface area contributed by atoms with Crippen molar-refractivity contribution in [3.8, 4) is 0 Å². The third kappa shape index (κ3) is 21.4. The van der Waals surface area contributed by atoms with Gasteiger partial charge in [0.05, 0.1) is 0 Å². The standard InChI is InChI=1S/C24H46O5/c1-4-21(2)17-15-13-11-9-7-5-6-8-10-12-14-16-18-24(27)29-20-23(26)19-28-22(3)25/h21,23,26H,4-20H2,1-3H3. The lowest BCUT2D eigenvalue weighted by molar-refractivity contribution is -0.151. The van der Waals surface area contributed by atoms with Crippen LogP contribution in [0.25, 0.3) is 0 Å². The molecule has 5 heteroatoms. The highest BCUT2D eigenvalue weighted by atomic mass is 16.6. The highest BCUT2D eigenvalue weighted by Crippen LogP contribution is 2.15. The summed E-state index contributed by atoms with van der Waals surface area (Å²) in [7, 11) is 0. The summed E-state index contributed by atoms with van der Waals surface area (Å²) in [6, 6.07) is 0. The smallest absolute Gasteiger partial charge is 0.305 e. The zero-order chi connectivity index (χ0) is 21.7. The molecule has 5 nitrogen and oxygen atoms in total. The van der Waals surface area contributed by atoms with E-state index in [9.17, 15) is 14.7 Å². The molecule has 0 spiro atoms. The van der Waals surface area contributed by atoms with E-state index in [1.54, 1.807) is 0 Å². The van der Waals surface area contributed by atoms with Gasteiger partial charge in [-0.3, -0.25) is 9.59 Å². The van der Waals surface area contributed by atoms with Crippen molar-refractivity contribution in [2.45, 2.75) is 123 Å². The summed E-state index contributed by atoms with van der Waals surface area (Å²) < 4.78 is 9.63. The molecule has 0 radical (unpaired) electrons. The highest BCUT2D eigenvalue weighted by molar-refractivity contribution is 5.69. The Morgan fingerprint density at radius 1 is 0.759 bits per heavy atom. The molecule has 2 atom stereocenters. The number of unbranched alkanes of at least 4 members (excludes halogenated alkanes) is 11. The Balaban J connectivity index is 3.26. The molecule has 0 saturated carbocycles. The number of aliphatic hydroxyl groups excluding tert-OH is 1. The molecule has 1 N–H and O–H groups in total. The maximum absolute atomic E-state index is 11.6. The van der Waals surface area contributed by atoms with Crippen LogP contribution in [0, 0.1) is 5.92 Å². The van der Waals surface area contributed by atoms with Crippen molar-refractivity contribution < 1.29 is 24.2 Å². The maximum atomic E-state index is 11.6. The van der Waals surface area contributed by atoms with Gasteiger partial charge in [0.25, 0.3) is 0 Å². The van der Waals surface area contributed by atoms with Crippen molar-refractivity contribution in [3.05, 3.63) is 0 Å². The Kier molecular flexibility index (Phi) is 19.4. The molecule has 0 aliphatic rings. The van der Waals surface area contributed by atoms with Crippen LogP contribution >= 0.6 is 0 Å². The van der Waals surface area contributed by atoms with Gasteiger partial charge in [-0.25, -0.2) is 0 Å². The van der Waals surface area contributed by atoms with Gasteiger partial charge in [0.15, 0.2) is 0 Å². The summed E-state index contributed by atoms with van der Waals surface area (Å²) in [4.78, 5) is 22.2. The van der Waals surface area contributed by atoms with Crippen LogP contribution < -0.4 is 0 Å². The molecule has 0 rings (SSSR count).